The first-order valence-corrected chi connectivity index (χ1v) is 5.82. The van der Waals surface area contributed by atoms with Crippen LogP contribution in [0.4, 0.5) is 0 Å². The molecular weight excluding hydrogens is 216 g/mol. The third kappa shape index (κ3) is 4.07. The zero-order chi connectivity index (χ0) is 12.7. The first kappa shape index (κ1) is 13.5. The van der Waals surface area contributed by atoms with E-state index in [1.165, 1.54) is 0 Å². The van der Waals surface area contributed by atoms with Crippen LogP contribution in [-0.2, 0) is 11.3 Å². The minimum atomic E-state index is -0.0114. The molecule has 1 aromatic carbocycles. The van der Waals surface area contributed by atoms with Gasteiger partial charge in [0.15, 0.2) is 0 Å². The van der Waals surface area contributed by atoms with Crippen LogP contribution < -0.4 is 10.5 Å². The topological polar surface area (TPSA) is 55.6 Å². The van der Waals surface area contributed by atoms with E-state index in [2.05, 4.69) is 0 Å². The number of methoxy groups -OCH3 is 1. The molecule has 0 atom stereocenters. The number of hydrogen-bond donors (Lipinski definition) is 1. The van der Waals surface area contributed by atoms with Gasteiger partial charge in [0, 0.05) is 13.1 Å². The number of benzene rings is 1. The second-order valence-corrected chi connectivity index (χ2v) is 3.87. The molecule has 0 fully saturated rings. The molecule has 0 heterocycles. The van der Waals surface area contributed by atoms with E-state index in [-0.39, 0.29) is 12.5 Å². The van der Waals surface area contributed by atoms with Gasteiger partial charge in [0.2, 0.25) is 5.91 Å². The minimum Gasteiger partial charge on any atom is -0.497 e. The fourth-order valence-corrected chi connectivity index (χ4v) is 1.64. The van der Waals surface area contributed by atoms with Crippen LogP contribution in [0.2, 0.25) is 0 Å². The van der Waals surface area contributed by atoms with Crippen LogP contribution >= 0.6 is 0 Å². The lowest BCUT2D eigenvalue weighted by Crippen LogP contribution is -2.36. The SMILES string of the molecule is CCCN(Cc1ccc(OC)cc1)C(=O)CN. The zero-order valence-corrected chi connectivity index (χ0v) is 10.5. The summed E-state index contributed by atoms with van der Waals surface area (Å²) in [5.41, 5.74) is 6.48. The minimum absolute atomic E-state index is 0.0114. The van der Waals surface area contributed by atoms with E-state index in [0.717, 1.165) is 24.3 Å². The van der Waals surface area contributed by atoms with Gasteiger partial charge in [-0.2, -0.15) is 0 Å². The van der Waals surface area contributed by atoms with E-state index in [0.29, 0.717) is 6.54 Å². The van der Waals surface area contributed by atoms with Gasteiger partial charge in [-0.3, -0.25) is 4.79 Å². The van der Waals surface area contributed by atoms with Gasteiger partial charge in [-0.25, -0.2) is 0 Å². The number of nitrogens with zero attached hydrogens (tertiary/aromatic N) is 1. The maximum Gasteiger partial charge on any atom is 0.236 e. The number of nitrogens with two attached hydrogens (primary N) is 1. The molecule has 0 saturated carbocycles. The van der Waals surface area contributed by atoms with Gasteiger partial charge >= 0.3 is 0 Å². The highest BCUT2D eigenvalue weighted by molar-refractivity contribution is 5.78. The molecule has 0 aromatic heterocycles. The average molecular weight is 236 g/mol. The van der Waals surface area contributed by atoms with Gasteiger partial charge in [-0.05, 0) is 24.1 Å². The first-order valence-electron chi connectivity index (χ1n) is 5.82. The summed E-state index contributed by atoms with van der Waals surface area (Å²) in [6.07, 6.45) is 0.932. The molecule has 17 heavy (non-hydrogen) atoms. The quantitative estimate of drug-likeness (QED) is 0.812. The normalized spacial score (nSPS) is 10.1. The number of carbonyl (C=O) groups is 1. The van der Waals surface area contributed by atoms with Crippen molar-refractivity contribution < 1.29 is 9.53 Å². The van der Waals surface area contributed by atoms with Crippen LogP contribution in [0.5, 0.6) is 5.75 Å². The highest BCUT2D eigenvalue weighted by Crippen LogP contribution is 2.13. The van der Waals surface area contributed by atoms with E-state index in [4.69, 9.17) is 10.5 Å². The number of amides is 1. The van der Waals surface area contributed by atoms with Gasteiger partial charge in [0.05, 0.1) is 13.7 Å². The second-order valence-electron chi connectivity index (χ2n) is 3.87. The summed E-state index contributed by atoms with van der Waals surface area (Å²) in [6.45, 7) is 3.46. The van der Waals surface area contributed by atoms with Crippen molar-refractivity contribution in [2.75, 3.05) is 20.2 Å². The number of ether oxygens (including phenoxy) is 1. The Morgan fingerprint density at radius 2 is 2.00 bits per heavy atom. The maximum atomic E-state index is 11.6. The Labute approximate surface area is 102 Å². The smallest absolute Gasteiger partial charge is 0.236 e. The zero-order valence-electron chi connectivity index (χ0n) is 10.5. The van der Waals surface area contributed by atoms with Crippen molar-refractivity contribution >= 4 is 5.91 Å². The number of carbonyl (C=O) groups excluding carboxylic acids is 1. The first-order chi connectivity index (χ1) is 8.21. The van der Waals surface area contributed by atoms with E-state index in [1.54, 1.807) is 12.0 Å². The lowest BCUT2D eigenvalue weighted by molar-refractivity contribution is -0.130. The van der Waals surface area contributed by atoms with Crippen molar-refractivity contribution in [3.63, 3.8) is 0 Å². The summed E-state index contributed by atoms with van der Waals surface area (Å²) in [5.74, 6) is 0.809. The number of rotatable bonds is 6. The van der Waals surface area contributed by atoms with E-state index < -0.39 is 0 Å². The summed E-state index contributed by atoms with van der Waals surface area (Å²) >= 11 is 0. The van der Waals surface area contributed by atoms with Crippen LogP contribution in [0, 0.1) is 0 Å². The van der Waals surface area contributed by atoms with Crippen LogP contribution in [0.25, 0.3) is 0 Å². The van der Waals surface area contributed by atoms with Crippen LogP contribution in [0.15, 0.2) is 24.3 Å². The van der Waals surface area contributed by atoms with E-state index >= 15 is 0 Å². The molecule has 0 bridgehead atoms. The summed E-state index contributed by atoms with van der Waals surface area (Å²) in [4.78, 5) is 13.4. The van der Waals surface area contributed by atoms with Crippen molar-refractivity contribution in [1.29, 1.82) is 0 Å². The monoisotopic (exact) mass is 236 g/mol. The largest absolute Gasteiger partial charge is 0.497 e. The molecule has 0 unspecified atom stereocenters. The molecule has 4 heteroatoms. The molecule has 0 radical (unpaired) electrons. The number of hydrogen-bond acceptors (Lipinski definition) is 3. The van der Waals surface area contributed by atoms with Crippen molar-refractivity contribution in [3.05, 3.63) is 29.8 Å². The second kappa shape index (κ2) is 6.91. The Hall–Kier alpha value is -1.55. The molecule has 0 spiro atoms. The fraction of sp³-hybridized carbons (Fsp3) is 0.462. The van der Waals surface area contributed by atoms with Gasteiger partial charge in [0.1, 0.15) is 5.75 Å². The highest BCUT2D eigenvalue weighted by Gasteiger charge is 2.10. The Balaban J connectivity index is 2.68. The van der Waals surface area contributed by atoms with E-state index in [1.807, 2.05) is 31.2 Å². The van der Waals surface area contributed by atoms with Crippen molar-refractivity contribution in [2.24, 2.45) is 5.73 Å². The van der Waals surface area contributed by atoms with Crippen molar-refractivity contribution in [2.45, 2.75) is 19.9 Å². The molecule has 94 valence electrons. The average Bonchev–Trinajstić information content (AvgIpc) is 2.38. The van der Waals surface area contributed by atoms with Crippen LogP contribution in [0.3, 0.4) is 0 Å². The molecule has 4 nitrogen and oxygen atoms in total. The Bertz CT molecular complexity index is 349. The summed E-state index contributed by atoms with van der Waals surface area (Å²) in [6, 6.07) is 7.72. The Kier molecular flexibility index (Phi) is 5.49. The molecule has 1 aromatic rings. The Morgan fingerprint density at radius 3 is 2.47 bits per heavy atom. The maximum absolute atomic E-state index is 11.6. The van der Waals surface area contributed by atoms with Crippen molar-refractivity contribution in [3.8, 4) is 5.75 Å². The predicted octanol–water partition coefficient (Wildman–Crippen LogP) is 1.39. The molecule has 0 aliphatic carbocycles. The molecule has 1 rings (SSSR count). The molecule has 0 saturated heterocycles. The van der Waals surface area contributed by atoms with Crippen LogP contribution in [-0.4, -0.2) is 31.0 Å². The third-order valence-corrected chi connectivity index (χ3v) is 2.55. The van der Waals surface area contributed by atoms with Gasteiger partial charge in [-0.1, -0.05) is 19.1 Å². The van der Waals surface area contributed by atoms with E-state index in [9.17, 15) is 4.79 Å². The molecule has 0 aliphatic heterocycles. The van der Waals surface area contributed by atoms with Gasteiger partial charge in [-0.15, -0.1) is 0 Å². The van der Waals surface area contributed by atoms with Crippen molar-refractivity contribution in [1.82, 2.24) is 4.90 Å². The fourth-order valence-electron chi connectivity index (χ4n) is 1.64. The molecule has 1 amide bonds. The lowest BCUT2D eigenvalue weighted by Gasteiger charge is -2.21. The molecule has 0 aliphatic rings. The molecule has 2 N–H and O–H groups in total. The predicted molar refractivity (Wildman–Crippen MR) is 67.8 cm³/mol. The standard InChI is InChI=1S/C13H20N2O2/c1-3-8-15(13(16)9-14)10-11-4-6-12(17-2)7-5-11/h4-7H,3,8-10,14H2,1-2H3. The lowest BCUT2D eigenvalue weighted by atomic mass is 10.2. The Morgan fingerprint density at radius 1 is 1.35 bits per heavy atom. The molecular formula is C13H20N2O2. The summed E-state index contributed by atoms with van der Waals surface area (Å²) in [7, 11) is 1.64. The van der Waals surface area contributed by atoms with Gasteiger partial charge in [0.25, 0.3) is 0 Å². The summed E-state index contributed by atoms with van der Waals surface area (Å²) in [5, 5.41) is 0. The highest BCUT2D eigenvalue weighted by atomic mass is 16.5. The van der Waals surface area contributed by atoms with Crippen LogP contribution in [0.1, 0.15) is 18.9 Å². The summed E-state index contributed by atoms with van der Waals surface area (Å²) < 4.78 is 5.09. The third-order valence-electron chi connectivity index (χ3n) is 2.55. The van der Waals surface area contributed by atoms with Gasteiger partial charge < -0.3 is 15.4 Å².